The van der Waals surface area contributed by atoms with E-state index in [-0.39, 0.29) is 5.91 Å². The first-order valence-corrected chi connectivity index (χ1v) is 6.68. The number of nitrogens with one attached hydrogen (secondary N) is 2. The van der Waals surface area contributed by atoms with E-state index in [0.717, 1.165) is 25.3 Å². The molecule has 2 rings (SSSR count). The van der Waals surface area contributed by atoms with Gasteiger partial charge in [0.25, 0.3) is 0 Å². The van der Waals surface area contributed by atoms with Gasteiger partial charge in [-0.25, -0.2) is 4.98 Å². The van der Waals surface area contributed by atoms with Crippen molar-refractivity contribution in [1.29, 1.82) is 0 Å². The van der Waals surface area contributed by atoms with Gasteiger partial charge in [-0.1, -0.05) is 0 Å². The minimum absolute atomic E-state index is 0.213. The van der Waals surface area contributed by atoms with Gasteiger partial charge in [-0.15, -0.1) is 0 Å². The van der Waals surface area contributed by atoms with Crippen molar-refractivity contribution in [2.75, 3.05) is 20.1 Å². The first-order valence-electron chi connectivity index (χ1n) is 6.68. The summed E-state index contributed by atoms with van der Waals surface area (Å²) in [7, 11) is 1.84. The fourth-order valence-electron chi connectivity index (χ4n) is 2.39. The molecule has 1 aromatic rings. The summed E-state index contributed by atoms with van der Waals surface area (Å²) in [5, 5.41) is 3.35. The van der Waals surface area contributed by atoms with E-state index in [9.17, 15) is 4.79 Å². The van der Waals surface area contributed by atoms with Crippen LogP contribution in [0.15, 0.2) is 12.4 Å². The van der Waals surface area contributed by atoms with Gasteiger partial charge in [0.1, 0.15) is 5.82 Å². The third-order valence-electron chi connectivity index (χ3n) is 3.59. The van der Waals surface area contributed by atoms with Gasteiger partial charge in [0.15, 0.2) is 0 Å². The summed E-state index contributed by atoms with van der Waals surface area (Å²) in [5.74, 6) is 1.77. The van der Waals surface area contributed by atoms with Gasteiger partial charge in [0.2, 0.25) is 5.91 Å². The molecule has 1 aliphatic rings. The van der Waals surface area contributed by atoms with E-state index in [2.05, 4.69) is 15.3 Å². The first-order chi connectivity index (χ1) is 8.75. The third kappa shape index (κ3) is 3.84. The summed E-state index contributed by atoms with van der Waals surface area (Å²) in [6.07, 6.45) is 7.57. The number of aromatic amines is 1. The minimum Gasteiger partial charge on any atom is -0.347 e. The normalized spacial score (nSPS) is 16.7. The van der Waals surface area contributed by atoms with E-state index in [1.54, 1.807) is 17.3 Å². The van der Waals surface area contributed by atoms with Crippen LogP contribution in [-0.4, -0.2) is 40.9 Å². The highest BCUT2D eigenvalue weighted by Gasteiger charge is 2.16. The average Bonchev–Trinajstić information content (AvgIpc) is 2.90. The molecule has 1 amide bonds. The molecule has 0 bridgehead atoms. The zero-order valence-corrected chi connectivity index (χ0v) is 11.0. The fraction of sp³-hybridized carbons (Fsp3) is 0.692. The van der Waals surface area contributed by atoms with Crippen LogP contribution >= 0.6 is 0 Å². The van der Waals surface area contributed by atoms with E-state index in [4.69, 9.17) is 0 Å². The average molecular weight is 250 g/mol. The van der Waals surface area contributed by atoms with Gasteiger partial charge in [-0.3, -0.25) is 4.79 Å². The van der Waals surface area contributed by atoms with Gasteiger partial charge >= 0.3 is 0 Å². The second-order valence-electron chi connectivity index (χ2n) is 5.02. The summed E-state index contributed by atoms with van der Waals surface area (Å²) in [6.45, 7) is 2.76. The standard InChI is InChI=1S/C13H22N4O/c1-17(10-12-15-8-9-16-12)13(18)3-2-11-4-6-14-7-5-11/h8-9,11,14H,2-7,10H2,1H3,(H,15,16). The van der Waals surface area contributed by atoms with Crippen molar-refractivity contribution in [1.82, 2.24) is 20.2 Å². The minimum atomic E-state index is 0.213. The Labute approximate surface area is 108 Å². The Hall–Kier alpha value is -1.36. The quantitative estimate of drug-likeness (QED) is 0.824. The van der Waals surface area contributed by atoms with Crippen LogP contribution in [0.4, 0.5) is 0 Å². The van der Waals surface area contributed by atoms with Crippen molar-refractivity contribution in [3.63, 3.8) is 0 Å². The number of amides is 1. The molecule has 1 fully saturated rings. The topological polar surface area (TPSA) is 61.0 Å². The number of hydrogen-bond donors (Lipinski definition) is 2. The molecule has 0 spiro atoms. The number of nitrogens with zero attached hydrogens (tertiary/aromatic N) is 2. The number of imidazole rings is 1. The van der Waals surface area contributed by atoms with Crippen molar-refractivity contribution >= 4 is 5.91 Å². The van der Waals surface area contributed by atoms with Gasteiger partial charge in [-0.05, 0) is 38.3 Å². The Morgan fingerprint density at radius 1 is 1.50 bits per heavy atom. The molecule has 0 unspecified atom stereocenters. The van der Waals surface area contributed by atoms with Crippen LogP contribution in [-0.2, 0) is 11.3 Å². The molecule has 0 radical (unpaired) electrons. The van der Waals surface area contributed by atoms with E-state index in [1.807, 2.05) is 7.05 Å². The maximum absolute atomic E-state index is 12.0. The van der Waals surface area contributed by atoms with Gasteiger partial charge in [0, 0.05) is 25.9 Å². The van der Waals surface area contributed by atoms with Crippen LogP contribution in [0.2, 0.25) is 0 Å². The van der Waals surface area contributed by atoms with Crippen LogP contribution in [0.5, 0.6) is 0 Å². The van der Waals surface area contributed by atoms with Crippen molar-refractivity contribution < 1.29 is 4.79 Å². The number of carbonyl (C=O) groups is 1. The number of H-pyrrole nitrogens is 1. The molecule has 0 atom stereocenters. The number of carbonyl (C=O) groups excluding carboxylic acids is 1. The summed E-state index contributed by atoms with van der Waals surface area (Å²) in [6, 6.07) is 0. The molecule has 2 N–H and O–H groups in total. The molecule has 100 valence electrons. The zero-order valence-electron chi connectivity index (χ0n) is 11.0. The number of aromatic nitrogens is 2. The van der Waals surface area contributed by atoms with E-state index in [0.29, 0.717) is 18.9 Å². The molecular weight excluding hydrogens is 228 g/mol. The number of piperidine rings is 1. The Balaban J connectivity index is 1.70. The second-order valence-corrected chi connectivity index (χ2v) is 5.02. The third-order valence-corrected chi connectivity index (χ3v) is 3.59. The molecule has 1 aliphatic heterocycles. The maximum Gasteiger partial charge on any atom is 0.222 e. The summed E-state index contributed by atoms with van der Waals surface area (Å²) < 4.78 is 0. The SMILES string of the molecule is CN(Cc1ncc[nH]1)C(=O)CCC1CCNCC1. The van der Waals surface area contributed by atoms with Gasteiger partial charge < -0.3 is 15.2 Å². The molecule has 5 nitrogen and oxygen atoms in total. The molecule has 0 aliphatic carbocycles. The van der Waals surface area contributed by atoms with Gasteiger partial charge in [-0.2, -0.15) is 0 Å². The fourth-order valence-corrected chi connectivity index (χ4v) is 2.39. The van der Waals surface area contributed by atoms with E-state index < -0.39 is 0 Å². The number of hydrogen-bond acceptors (Lipinski definition) is 3. The van der Waals surface area contributed by atoms with Crippen molar-refractivity contribution in [3.8, 4) is 0 Å². The molecule has 0 aromatic carbocycles. The van der Waals surface area contributed by atoms with Crippen LogP contribution in [0.3, 0.4) is 0 Å². The maximum atomic E-state index is 12.0. The molecule has 2 heterocycles. The van der Waals surface area contributed by atoms with Gasteiger partial charge in [0.05, 0.1) is 6.54 Å². The Morgan fingerprint density at radius 3 is 2.94 bits per heavy atom. The summed E-state index contributed by atoms with van der Waals surface area (Å²) in [5.41, 5.74) is 0. The lowest BCUT2D eigenvalue weighted by Crippen LogP contribution is -2.30. The van der Waals surface area contributed by atoms with E-state index >= 15 is 0 Å². The predicted octanol–water partition coefficient (Wildman–Crippen LogP) is 1.15. The summed E-state index contributed by atoms with van der Waals surface area (Å²) >= 11 is 0. The first kappa shape index (κ1) is 13.1. The highest BCUT2D eigenvalue weighted by molar-refractivity contribution is 5.75. The second kappa shape index (κ2) is 6.54. The lowest BCUT2D eigenvalue weighted by molar-refractivity contribution is -0.130. The lowest BCUT2D eigenvalue weighted by Gasteiger charge is -2.23. The smallest absolute Gasteiger partial charge is 0.222 e. The van der Waals surface area contributed by atoms with Crippen LogP contribution in [0.25, 0.3) is 0 Å². The van der Waals surface area contributed by atoms with Crippen molar-refractivity contribution in [3.05, 3.63) is 18.2 Å². The summed E-state index contributed by atoms with van der Waals surface area (Å²) in [4.78, 5) is 20.9. The molecule has 1 aromatic heterocycles. The van der Waals surface area contributed by atoms with Crippen molar-refractivity contribution in [2.24, 2.45) is 5.92 Å². The Bertz CT molecular complexity index is 357. The molecule has 1 saturated heterocycles. The predicted molar refractivity (Wildman–Crippen MR) is 69.9 cm³/mol. The Kier molecular flexibility index (Phi) is 4.75. The lowest BCUT2D eigenvalue weighted by atomic mass is 9.93. The number of rotatable bonds is 5. The molecule has 5 heteroatoms. The molecule has 18 heavy (non-hydrogen) atoms. The van der Waals surface area contributed by atoms with Crippen LogP contribution < -0.4 is 5.32 Å². The monoisotopic (exact) mass is 250 g/mol. The Morgan fingerprint density at radius 2 is 2.28 bits per heavy atom. The van der Waals surface area contributed by atoms with E-state index in [1.165, 1.54) is 12.8 Å². The van der Waals surface area contributed by atoms with Crippen LogP contribution in [0, 0.1) is 5.92 Å². The largest absolute Gasteiger partial charge is 0.347 e. The highest BCUT2D eigenvalue weighted by atomic mass is 16.2. The molecular formula is C13H22N4O. The van der Waals surface area contributed by atoms with Crippen molar-refractivity contribution in [2.45, 2.75) is 32.2 Å². The molecule has 0 saturated carbocycles. The van der Waals surface area contributed by atoms with Crippen LogP contribution in [0.1, 0.15) is 31.5 Å². The zero-order chi connectivity index (χ0) is 12.8. The highest BCUT2D eigenvalue weighted by Crippen LogP contribution is 2.18.